The highest BCUT2D eigenvalue weighted by atomic mass is 35.5. The second kappa shape index (κ2) is 6.42. The van der Waals surface area contributed by atoms with Crippen LogP contribution in [0, 0.1) is 0 Å². The van der Waals surface area contributed by atoms with E-state index in [1.54, 1.807) is 0 Å². The summed E-state index contributed by atoms with van der Waals surface area (Å²) in [6.45, 7) is 2.58. The topological polar surface area (TPSA) is 41.6 Å². The summed E-state index contributed by atoms with van der Waals surface area (Å²) in [5, 5.41) is 3.13. The van der Waals surface area contributed by atoms with E-state index in [1.165, 1.54) is 12.8 Å². The van der Waals surface area contributed by atoms with E-state index >= 15 is 0 Å². The molecule has 2 rings (SSSR count). The molecule has 0 saturated carbocycles. The Morgan fingerprint density at radius 2 is 2.19 bits per heavy atom. The molecule has 0 radical (unpaired) electrons. The van der Waals surface area contributed by atoms with E-state index in [9.17, 15) is 4.79 Å². The van der Waals surface area contributed by atoms with Crippen molar-refractivity contribution in [2.45, 2.75) is 37.8 Å². The fourth-order valence-electron chi connectivity index (χ4n) is 2.11. The molecule has 2 fully saturated rings. The predicted octanol–water partition coefficient (Wildman–Crippen LogP) is 0.798. The molecule has 0 aromatic carbocycles. The Kier molecular flexibility index (Phi) is 5.52. The number of hydrogen-bond donors (Lipinski definition) is 1. The van der Waals surface area contributed by atoms with E-state index in [0.29, 0.717) is 0 Å². The van der Waals surface area contributed by atoms with Gasteiger partial charge in [-0.3, -0.25) is 4.79 Å². The maximum Gasteiger partial charge on any atom is 0.239 e. The number of nitrogens with zero attached hydrogens (tertiary/aromatic N) is 1. The molecule has 94 valence electrons. The largest absolute Gasteiger partial charge is 0.376 e. The smallest absolute Gasteiger partial charge is 0.239 e. The molecule has 2 aliphatic heterocycles. The van der Waals surface area contributed by atoms with Gasteiger partial charge >= 0.3 is 0 Å². The fourth-order valence-corrected chi connectivity index (χ4v) is 2.11. The third-order valence-electron chi connectivity index (χ3n) is 3.25. The SMILES string of the molecule is CN(CC1CCCCO1)C(=O)[C@H]1CCN1.Cl. The van der Waals surface area contributed by atoms with Crippen LogP contribution in [0.3, 0.4) is 0 Å². The molecule has 0 spiro atoms. The number of likely N-dealkylation sites (N-methyl/N-ethyl adjacent to an activating group) is 1. The van der Waals surface area contributed by atoms with Gasteiger partial charge in [0.15, 0.2) is 0 Å². The maximum absolute atomic E-state index is 11.8. The van der Waals surface area contributed by atoms with E-state index in [1.807, 2.05) is 11.9 Å². The minimum absolute atomic E-state index is 0. The number of rotatable bonds is 3. The highest BCUT2D eigenvalue weighted by molar-refractivity contribution is 5.85. The lowest BCUT2D eigenvalue weighted by Gasteiger charge is -2.33. The Morgan fingerprint density at radius 3 is 2.69 bits per heavy atom. The molecule has 0 aromatic rings. The minimum Gasteiger partial charge on any atom is -0.376 e. The predicted molar refractivity (Wildman–Crippen MR) is 64.9 cm³/mol. The molecule has 2 saturated heterocycles. The first-order valence-corrected chi connectivity index (χ1v) is 5.87. The molecule has 1 amide bonds. The minimum atomic E-state index is 0. The number of nitrogens with one attached hydrogen (secondary N) is 1. The van der Waals surface area contributed by atoms with E-state index in [0.717, 1.165) is 32.5 Å². The second-order valence-electron chi connectivity index (χ2n) is 4.50. The van der Waals surface area contributed by atoms with Crippen LogP contribution in [0.4, 0.5) is 0 Å². The summed E-state index contributed by atoms with van der Waals surface area (Å²) in [6.07, 6.45) is 4.73. The maximum atomic E-state index is 11.8. The number of hydrogen-bond acceptors (Lipinski definition) is 3. The summed E-state index contributed by atoms with van der Waals surface area (Å²) >= 11 is 0. The van der Waals surface area contributed by atoms with Gasteiger partial charge in [0.2, 0.25) is 5.91 Å². The lowest BCUT2D eigenvalue weighted by Crippen LogP contribution is -2.54. The zero-order valence-corrected chi connectivity index (χ0v) is 10.6. The van der Waals surface area contributed by atoms with Crippen molar-refractivity contribution in [2.24, 2.45) is 0 Å². The number of halogens is 1. The van der Waals surface area contributed by atoms with Gasteiger partial charge in [0, 0.05) is 20.2 Å². The van der Waals surface area contributed by atoms with Gasteiger partial charge in [0.25, 0.3) is 0 Å². The van der Waals surface area contributed by atoms with Gasteiger partial charge in [-0.25, -0.2) is 0 Å². The van der Waals surface area contributed by atoms with E-state index in [4.69, 9.17) is 4.74 Å². The summed E-state index contributed by atoms with van der Waals surface area (Å²) in [7, 11) is 1.88. The Balaban J connectivity index is 0.00000128. The molecule has 0 aromatic heterocycles. The highest BCUT2D eigenvalue weighted by Crippen LogP contribution is 2.14. The standard InChI is InChI=1S/C11H20N2O2.ClH/c1-13(11(14)10-5-6-12-10)8-9-4-2-3-7-15-9;/h9-10,12H,2-8H2,1H3;1H/t9?,10-;/m1./s1. The summed E-state index contributed by atoms with van der Waals surface area (Å²) in [4.78, 5) is 13.6. The van der Waals surface area contributed by atoms with Crippen LogP contribution in [0.25, 0.3) is 0 Å². The molecule has 2 aliphatic rings. The fraction of sp³-hybridized carbons (Fsp3) is 0.909. The van der Waals surface area contributed by atoms with Crippen molar-refractivity contribution in [3.63, 3.8) is 0 Å². The van der Waals surface area contributed by atoms with Crippen LogP contribution in [0.15, 0.2) is 0 Å². The van der Waals surface area contributed by atoms with Crippen molar-refractivity contribution in [3.05, 3.63) is 0 Å². The first kappa shape index (κ1) is 13.7. The first-order valence-electron chi connectivity index (χ1n) is 5.87. The lowest BCUT2D eigenvalue weighted by molar-refractivity contribution is -0.136. The van der Waals surface area contributed by atoms with Gasteiger partial charge in [-0.15, -0.1) is 12.4 Å². The Morgan fingerprint density at radius 1 is 1.44 bits per heavy atom. The first-order chi connectivity index (χ1) is 7.27. The number of ether oxygens (including phenoxy) is 1. The third-order valence-corrected chi connectivity index (χ3v) is 3.25. The number of carbonyl (C=O) groups excluding carboxylic acids is 1. The van der Waals surface area contributed by atoms with Crippen molar-refractivity contribution in [2.75, 3.05) is 26.7 Å². The monoisotopic (exact) mass is 248 g/mol. The zero-order chi connectivity index (χ0) is 10.7. The van der Waals surface area contributed by atoms with Crippen LogP contribution < -0.4 is 5.32 Å². The van der Waals surface area contributed by atoms with Gasteiger partial charge in [-0.2, -0.15) is 0 Å². The molecule has 0 bridgehead atoms. The number of amides is 1. The molecule has 16 heavy (non-hydrogen) atoms. The van der Waals surface area contributed by atoms with Crippen LogP contribution >= 0.6 is 12.4 Å². The van der Waals surface area contributed by atoms with Crippen LogP contribution in [-0.4, -0.2) is 49.7 Å². The summed E-state index contributed by atoms with van der Waals surface area (Å²) in [5.41, 5.74) is 0. The molecule has 1 unspecified atom stereocenters. The van der Waals surface area contributed by atoms with Crippen LogP contribution in [0.2, 0.25) is 0 Å². The van der Waals surface area contributed by atoms with Crippen molar-refractivity contribution < 1.29 is 9.53 Å². The van der Waals surface area contributed by atoms with Gasteiger partial charge in [0.1, 0.15) is 0 Å². The summed E-state index contributed by atoms with van der Waals surface area (Å²) in [6, 6.07) is 0.0681. The van der Waals surface area contributed by atoms with E-state index < -0.39 is 0 Å². The summed E-state index contributed by atoms with van der Waals surface area (Å²) < 4.78 is 5.62. The molecule has 5 heteroatoms. The van der Waals surface area contributed by atoms with E-state index in [-0.39, 0.29) is 30.5 Å². The van der Waals surface area contributed by atoms with Crippen LogP contribution in [0.1, 0.15) is 25.7 Å². The van der Waals surface area contributed by atoms with Gasteiger partial charge in [0.05, 0.1) is 12.1 Å². The second-order valence-corrected chi connectivity index (χ2v) is 4.50. The van der Waals surface area contributed by atoms with Crippen LogP contribution in [-0.2, 0) is 9.53 Å². The van der Waals surface area contributed by atoms with Gasteiger partial charge in [-0.1, -0.05) is 0 Å². The zero-order valence-electron chi connectivity index (χ0n) is 9.78. The van der Waals surface area contributed by atoms with Crippen molar-refractivity contribution in [3.8, 4) is 0 Å². The van der Waals surface area contributed by atoms with E-state index in [2.05, 4.69) is 5.32 Å². The Hall–Kier alpha value is -0.320. The van der Waals surface area contributed by atoms with Crippen molar-refractivity contribution in [1.82, 2.24) is 10.2 Å². The number of carbonyl (C=O) groups is 1. The molecule has 1 N–H and O–H groups in total. The molecule has 4 nitrogen and oxygen atoms in total. The third kappa shape index (κ3) is 3.34. The average Bonchev–Trinajstić information content (AvgIpc) is 2.16. The molecule has 2 heterocycles. The highest BCUT2D eigenvalue weighted by Gasteiger charge is 2.28. The van der Waals surface area contributed by atoms with Gasteiger partial charge < -0.3 is 15.0 Å². The van der Waals surface area contributed by atoms with Crippen molar-refractivity contribution >= 4 is 18.3 Å². The lowest BCUT2D eigenvalue weighted by atomic mass is 10.1. The average molecular weight is 249 g/mol. The molecular formula is C11H21ClN2O2. The van der Waals surface area contributed by atoms with Crippen molar-refractivity contribution in [1.29, 1.82) is 0 Å². The molecule has 0 aliphatic carbocycles. The van der Waals surface area contributed by atoms with Gasteiger partial charge in [-0.05, 0) is 32.2 Å². The Bertz CT molecular complexity index is 228. The summed E-state index contributed by atoms with van der Waals surface area (Å²) in [5.74, 6) is 0.218. The molecule has 2 atom stereocenters. The Labute approximate surface area is 103 Å². The molecular weight excluding hydrogens is 228 g/mol. The quantitative estimate of drug-likeness (QED) is 0.803. The normalized spacial score (nSPS) is 28.8. The van der Waals surface area contributed by atoms with Crippen LogP contribution in [0.5, 0.6) is 0 Å².